The van der Waals surface area contributed by atoms with E-state index < -0.39 is 43.2 Å². The van der Waals surface area contributed by atoms with E-state index in [2.05, 4.69) is 10.6 Å². The van der Waals surface area contributed by atoms with Gasteiger partial charge in [-0.2, -0.15) is 0 Å². The predicted octanol–water partition coefficient (Wildman–Crippen LogP) is -0.211. The summed E-state index contributed by atoms with van der Waals surface area (Å²) in [7, 11) is 0. The minimum absolute atomic E-state index is 0.0112. The number of carbonyl (C=O) groups excluding carboxylic acids is 3. The van der Waals surface area contributed by atoms with Gasteiger partial charge >= 0.3 is 0 Å². The number of ketones is 1. The standard InChI is InChI=1S/C23H42N2O9/c1-3-8-19(29)24-11-14-32-13-10-17(28)9-6-4-5-7-12-33-23-20(25-16(2)27)22(31)21(30)18(15-26)34-23/h18,20-23,26,30-31H,3-15H2,1-2H3,(H,24,29)(H,25,27)/t18-,20+,21+,22-,23-/m1/s1. The molecule has 11 heteroatoms. The summed E-state index contributed by atoms with van der Waals surface area (Å²) in [6, 6.07) is -0.942. The summed E-state index contributed by atoms with van der Waals surface area (Å²) >= 11 is 0. The smallest absolute Gasteiger partial charge is 0.220 e. The first kappa shape index (κ1) is 30.4. The molecule has 1 aliphatic rings. The molecule has 0 spiro atoms. The van der Waals surface area contributed by atoms with Gasteiger partial charge in [-0.05, 0) is 19.3 Å². The molecule has 5 atom stereocenters. The zero-order valence-corrected chi connectivity index (χ0v) is 20.4. The minimum Gasteiger partial charge on any atom is -0.394 e. The highest BCUT2D eigenvalue weighted by atomic mass is 16.7. The summed E-state index contributed by atoms with van der Waals surface area (Å²) in [5.41, 5.74) is 0. The molecule has 11 nitrogen and oxygen atoms in total. The summed E-state index contributed by atoms with van der Waals surface area (Å²) in [6.45, 7) is 4.24. The topological polar surface area (TPSA) is 164 Å². The molecule has 198 valence electrons. The number of ether oxygens (including phenoxy) is 3. The number of Topliss-reactive ketones (excluding diaryl/α,β-unsaturated/α-hetero) is 1. The molecular formula is C23H42N2O9. The highest BCUT2D eigenvalue weighted by Gasteiger charge is 2.45. The van der Waals surface area contributed by atoms with Crippen LogP contribution in [0.15, 0.2) is 0 Å². The first-order valence-electron chi connectivity index (χ1n) is 12.2. The minimum atomic E-state index is -1.34. The highest BCUT2D eigenvalue weighted by molar-refractivity contribution is 5.78. The average Bonchev–Trinajstić information content (AvgIpc) is 2.79. The van der Waals surface area contributed by atoms with Crippen molar-refractivity contribution in [1.82, 2.24) is 10.6 Å². The zero-order chi connectivity index (χ0) is 25.3. The maximum Gasteiger partial charge on any atom is 0.220 e. The molecule has 34 heavy (non-hydrogen) atoms. The molecule has 0 aromatic carbocycles. The highest BCUT2D eigenvalue weighted by Crippen LogP contribution is 2.22. The van der Waals surface area contributed by atoms with Gasteiger partial charge in [-0.3, -0.25) is 14.4 Å². The fourth-order valence-corrected chi connectivity index (χ4v) is 3.58. The second-order valence-corrected chi connectivity index (χ2v) is 8.47. The Morgan fingerprint density at radius 2 is 1.68 bits per heavy atom. The Balaban J connectivity index is 2.12. The van der Waals surface area contributed by atoms with E-state index in [9.17, 15) is 29.7 Å². The van der Waals surface area contributed by atoms with Gasteiger partial charge < -0.3 is 40.2 Å². The van der Waals surface area contributed by atoms with Gasteiger partial charge in [-0.25, -0.2) is 0 Å². The Hall–Kier alpha value is -1.63. The molecule has 0 aliphatic carbocycles. The fraction of sp³-hybridized carbons (Fsp3) is 0.870. The van der Waals surface area contributed by atoms with E-state index in [1.54, 1.807) is 0 Å². The van der Waals surface area contributed by atoms with E-state index in [-0.39, 0.29) is 11.7 Å². The molecule has 0 unspecified atom stereocenters. The lowest BCUT2D eigenvalue weighted by Crippen LogP contribution is -2.64. The van der Waals surface area contributed by atoms with Crippen molar-refractivity contribution in [3.63, 3.8) is 0 Å². The monoisotopic (exact) mass is 490 g/mol. The molecule has 1 aliphatic heterocycles. The number of rotatable bonds is 18. The molecule has 1 fully saturated rings. The normalized spacial score (nSPS) is 24.6. The van der Waals surface area contributed by atoms with E-state index in [0.717, 1.165) is 25.7 Å². The third-order valence-corrected chi connectivity index (χ3v) is 5.45. The summed E-state index contributed by atoms with van der Waals surface area (Å²) in [4.78, 5) is 34.6. The third-order valence-electron chi connectivity index (χ3n) is 5.45. The summed E-state index contributed by atoms with van der Waals surface area (Å²) < 4.78 is 16.5. The largest absolute Gasteiger partial charge is 0.394 e. The quantitative estimate of drug-likeness (QED) is 0.164. The molecular weight excluding hydrogens is 448 g/mol. The van der Waals surface area contributed by atoms with Crippen LogP contribution in [0, 0.1) is 0 Å². The van der Waals surface area contributed by atoms with Gasteiger partial charge in [0.25, 0.3) is 0 Å². The number of aliphatic hydroxyl groups is 3. The van der Waals surface area contributed by atoms with Crippen LogP contribution < -0.4 is 10.6 Å². The molecule has 0 bridgehead atoms. The van der Waals surface area contributed by atoms with Crippen LogP contribution in [0.4, 0.5) is 0 Å². The lowest BCUT2D eigenvalue weighted by Gasteiger charge is -2.42. The summed E-state index contributed by atoms with van der Waals surface area (Å²) in [6.07, 6.45) is 0.635. The summed E-state index contributed by atoms with van der Waals surface area (Å²) in [5, 5.41) is 34.8. The van der Waals surface area contributed by atoms with Gasteiger partial charge in [0.1, 0.15) is 30.1 Å². The van der Waals surface area contributed by atoms with Crippen LogP contribution in [0.25, 0.3) is 0 Å². The molecule has 1 saturated heterocycles. The predicted molar refractivity (Wildman–Crippen MR) is 123 cm³/mol. The number of amides is 2. The van der Waals surface area contributed by atoms with Gasteiger partial charge in [0.15, 0.2) is 6.29 Å². The van der Waals surface area contributed by atoms with Gasteiger partial charge in [0.2, 0.25) is 11.8 Å². The van der Waals surface area contributed by atoms with Crippen molar-refractivity contribution < 1.29 is 43.9 Å². The SMILES string of the molecule is CCCC(=O)NCCOCCC(=O)CCCCCCO[C@@H]1O[C@H](CO)[C@H](O)[C@H](O)[C@@H]1NC(C)=O. The average molecular weight is 491 g/mol. The second-order valence-electron chi connectivity index (χ2n) is 8.47. The van der Waals surface area contributed by atoms with E-state index in [0.29, 0.717) is 52.0 Å². The Morgan fingerprint density at radius 1 is 0.941 bits per heavy atom. The van der Waals surface area contributed by atoms with Gasteiger partial charge in [0.05, 0.1) is 19.8 Å². The van der Waals surface area contributed by atoms with E-state index in [1.165, 1.54) is 6.92 Å². The number of nitrogens with one attached hydrogen (secondary N) is 2. The van der Waals surface area contributed by atoms with Crippen LogP contribution in [-0.4, -0.2) is 96.5 Å². The molecule has 2 amide bonds. The zero-order valence-electron chi connectivity index (χ0n) is 20.4. The summed E-state index contributed by atoms with van der Waals surface area (Å²) in [5.74, 6) is -0.246. The van der Waals surface area contributed by atoms with Crippen molar-refractivity contribution in [2.45, 2.75) is 95.9 Å². The molecule has 0 saturated carbocycles. The molecule has 1 heterocycles. The molecule has 5 N–H and O–H groups in total. The van der Waals surface area contributed by atoms with Crippen LogP contribution in [-0.2, 0) is 28.6 Å². The van der Waals surface area contributed by atoms with E-state index in [4.69, 9.17) is 14.2 Å². The maximum atomic E-state index is 11.9. The van der Waals surface area contributed by atoms with Crippen molar-refractivity contribution in [3.05, 3.63) is 0 Å². The lowest BCUT2D eigenvalue weighted by atomic mass is 9.97. The first-order valence-corrected chi connectivity index (χ1v) is 12.2. The molecule has 1 rings (SSSR count). The van der Waals surface area contributed by atoms with Crippen molar-refractivity contribution >= 4 is 17.6 Å². The third kappa shape index (κ3) is 12.2. The molecule has 0 aromatic rings. The number of hydrogen-bond acceptors (Lipinski definition) is 9. The van der Waals surface area contributed by atoms with Crippen molar-refractivity contribution in [1.29, 1.82) is 0 Å². The van der Waals surface area contributed by atoms with E-state index in [1.807, 2.05) is 6.92 Å². The van der Waals surface area contributed by atoms with Crippen LogP contribution in [0.3, 0.4) is 0 Å². The van der Waals surface area contributed by atoms with Crippen molar-refractivity contribution in [3.8, 4) is 0 Å². The number of aliphatic hydroxyl groups excluding tert-OH is 3. The maximum absolute atomic E-state index is 11.9. The fourth-order valence-electron chi connectivity index (χ4n) is 3.58. The first-order chi connectivity index (χ1) is 16.3. The van der Waals surface area contributed by atoms with Crippen LogP contribution in [0.5, 0.6) is 0 Å². The Kier molecular flexibility index (Phi) is 15.9. The Morgan fingerprint density at radius 3 is 2.35 bits per heavy atom. The van der Waals surface area contributed by atoms with Crippen molar-refractivity contribution in [2.75, 3.05) is 33.0 Å². The van der Waals surface area contributed by atoms with Crippen molar-refractivity contribution in [2.24, 2.45) is 0 Å². The second kappa shape index (κ2) is 17.8. The molecule has 0 aromatic heterocycles. The van der Waals surface area contributed by atoms with Gasteiger partial charge in [0, 0.05) is 39.3 Å². The number of hydrogen-bond donors (Lipinski definition) is 5. The van der Waals surface area contributed by atoms with Crippen LogP contribution in [0.2, 0.25) is 0 Å². The van der Waals surface area contributed by atoms with Crippen LogP contribution in [0.1, 0.15) is 65.2 Å². The number of unbranched alkanes of at least 4 members (excludes halogenated alkanes) is 3. The Bertz CT molecular complexity index is 605. The molecule has 0 radical (unpaired) electrons. The number of carbonyl (C=O) groups is 3. The van der Waals surface area contributed by atoms with Gasteiger partial charge in [-0.1, -0.05) is 19.8 Å². The van der Waals surface area contributed by atoms with Gasteiger partial charge in [-0.15, -0.1) is 0 Å². The lowest BCUT2D eigenvalue weighted by molar-refractivity contribution is -0.270. The Labute approximate surface area is 201 Å². The van der Waals surface area contributed by atoms with Crippen LogP contribution >= 0.6 is 0 Å². The van der Waals surface area contributed by atoms with E-state index >= 15 is 0 Å².